The van der Waals surface area contributed by atoms with E-state index in [0.29, 0.717) is 23.6 Å². The summed E-state index contributed by atoms with van der Waals surface area (Å²) in [5.41, 5.74) is 8.73. The molecule has 3 aromatic rings. The van der Waals surface area contributed by atoms with Gasteiger partial charge in [0.05, 0.1) is 17.6 Å². The number of hydrogen-bond acceptors (Lipinski definition) is 5. The number of amides is 1. The molecule has 1 atom stereocenters. The molecule has 0 radical (unpaired) electrons. The molecule has 0 bridgehead atoms. The number of nitrogen functional groups attached to an aromatic ring is 1. The van der Waals surface area contributed by atoms with E-state index in [2.05, 4.69) is 20.3 Å². The molecule has 2 aromatic heterocycles. The topological polar surface area (TPSA) is 117 Å². The summed E-state index contributed by atoms with van der Waals surface area (Å²) in [5, 5.41) is 12.3. The van der Waals surface area contributed by atoms with Crippen molar-refractivity contribution < 1.29 is 9.90 Å². The van der Waals surface area contributed by atoms with Crippen LogP contribution in [0.4, 0.5) is 5.82 Å². The van der Waals surface area contributed by atoms with Crippen LogP contribution < -0.4 is 11.1 Å². The number of benzene rings is 1. The predicted molar refractivity (Wildman–Crippen MR) is 101 cm³/mol. The molecule has 0 saturated heterocycles. The highest BCUT2D eigenvalue weighted by Gasteiger charge is 2.13. The van der Waals surface area contributed by atoms with Crippen LogP contribution in [0.1, 0.15) is 35.1 Å². The van der Waals surface area contributed by atoms with Crippen molar-refractivity contribution in [2.45, 2.75) is 26.0 Å². The van der Waals surface area contributed by atoms with Gasteiger partial charge in [-0.15, -0.1) is 0 Å². The van der Waals surface area contributed by atoms with Crippen molar-refractivity contribution >= 4 is 28.8 Å². The third-order valence-electron chi connectivity index (χ3n) is 3.98. The molecule has 7 heteroatoms. The molecular weight excluding hydrogens is 330 g/mol. The Kier molecular flexibility index (Phi) is 5.28. The van der Waals surface area contributed by atoms with Crippen molar-refractivity contribution in [1.82, 2.24) is 20.3 Å². The highest BCUT2D eigenvalue weighted by molar-refractivity contribution is 5.94. The summed E-state index contributed by atoms with van der Waals surface area (Å²) in [6, 6.07) is 9.07. The van der Waals surface area contributed by atoms with Crippen LogP contribution in [0.25, 0.3) is 17.1 Å². The van der Waals surface area contributed by atoms with Gasteiger partial charge in [-0.1, -0.05) is 24.3 Å². The lowest BCUT2D eigenvalue weighted by Gasteiger charge is -2.10. The number of nitrogens with zero attached hydrogens (tertiary/aromatic N) is 2. The summed E-state index contributed by atoms with van der Waals surface area (Å²) in [6.45, 7) is 1.81. The minimum Gasteiger partial charge on any atom is -0.392 e. The number of imidazole rings is 1. The number of hydrogen-bond donors (Lipinski definition) is 4. The molecule has 0 aliphatic carbocycles. The smallest absolute Gasteiger partial charge is 0.287 e. The normalized spacial score (nSPS) is 12.5. The summed E-state index contributed by atoms with van der Waals surface area (Å²) < 4.78 is 0. The average molecular weight is 351 g/mol. The zero-order valence-electron chi connectivity index (χ0n) is 14.4. The van der Waals surface area contributed by atoms with Crippen molar-refractivity contribution in [3.63, 3.8) is 0 Å². The summed E-state index contributed by atoms with van der Waals surface area (Å²) in [7, 11) is 0. The van der Waals surface area contributed by atoms with Crippen LogP contribution in [0.5, 0.6) is 0 Å². The van der Waals surface area contributed by atoms with Crippen molar-refractivity contribution in [3.05, 3.63) is 59.6 Å². The SMILES string of the molecule is C[C@@H](C/C=C/c1cnc(N)cc1CO)NC(=O)c1nc2ccccc2[nH]1. The quantitative estimate of drug-likeness (QED) is 0.543. The standard InChI is InChI=1S/C19H21N5O2/c1-12(5-4-6-13-10-21-17(20)9-14(13)11-25)22-19(26)18-23-15-7-2-3-8-16(15)24-18/h2-4,6-10,12,25H,5,11H2,1H3,(H2,20,21)(H,22,26)(H,23,24)/b6-4+/t12-/m0/s1. The zero-order chi connectivity index (χ0) is 18.5. The number of rotatable bonds is 6. The molecule has 5 N–H and O–H groups in total. The lowest BCUT2D eigenvalue weighted by molar-refractivity contribution is 0.0931. The Balaban J connectivity index is 1.60. The van der Waals surface area contributed by atoms with Gasteiger partial charge in [0.25, 0.3) is 5.91 Å². The lowest BCUT2D eigenvalue weighted by Crippen LogP contribution is -2.32. The average Bonchev–Trinajstić information content (AvgIpc) is 3.07. The number of aromatic amines is 1. The van der Waals surface area contributed by atoms with Crippen molar-refractivity contribution in [3.8, 4) is 0 Å². The minimum atomic E-state index is -0.243. The molecule has 1 aromatic carbocycles. The summed E-state index contributed by atoms with van der Waals surface area (Å²) in [4.78, 5) is 23.6. The Morgan fingerprint density at radius 3 is 3.00 bits per heavy atom. The molecule has 134 valence electrons. The Morgan fingerprint density at radius 2 is 2.23 bits per heavy atom. The molecular formula is C19H21N5O2. The molecule has 2 heterocycles. The van der Waals surface area contributed by atoms with Gasteiger partial charge in [-0.25, -0.2) is 9.97 Å². The number of aliphatic hydroxyl groups excluding tert-OH is 1. The second-order valence-electron chi connectivity index (χ2n) is 6.08. The largest absolute Gasteiger partial charge is 0.392 e. The second kappa shape index (κ2) is 7.79. The lowest BCUT2D eigenvalue weighted by atomic mass is 10.1. The third kappa shape index (κ3) is 4.07. The van der Waals surface area contributed by atoms with E-state index in [4.69, 9.17) is 5.73 Å². The van der Waals surface area contributed by atoms with E-state index in [-0.39, 0.29) is 18.6 Å². The molecule has 0 unspecified atom stereocenters. The van der Waals surface area contributed by atoms with Gasteiger partial charge >= 0.3 is 0 Å². The Bertz CT molecular complexity index is 915. The maximum absolute atomic E-state index is 12.3. The van der Waals surface area contributed by atoms with Crippen LogP contribution in [-0.2, 0) is 6.61 Å². The number of aromatic nitrogens is 3. The van der Waals surface area contributed by atoms with Gasteiger partial charge in [0.1, 0.15) is 5.82 Å². The van der Waals surface area contributed by atoms with Gasteiger partial charge in [-0.2, -0.15) is 0 Å². The first kappa shape index (κ1) is 17.6. The van der Waals surface area contributed by atoms with Crippen molar-refractivity contribution in [1.29, 1.82) is 0 Å². The molecule has 7 nitrogen and oxygen atoms in total. The number of carbonyl (C=O) groups excluding carboxylic acids is 1. The number of pyridine rings is 1. The summed E-state index contributed by atoms with van der Waals surface area (Å²) >= 11 is 0. The van der Waals surface area contributed by atoms with Gasteiger partial charge in [0, 0.05) is 12.2 Å². The number of H-pyrrole nitrogens is 1. The Morgan fingerprint density at radius 1 is 1.42 bits per heavy atom. The van der Waals surface area contributed by atoms with E-state index < -0.39 is 0 Å². The van der Waals surface area contributed by atoms with E-state index >= 15 is 0 Å². The zero-order valence-corrected chi connectivity index (χ0v) is 14.4. The Hall–Kier alpha value is -3.19. The van der Waals surface area contributed by atoms with Gasteiger partial charge in [0.15, 0.2) is 5.82 Å². The molecule has 26 heavy (non-hydrogen) atoms. The third-order valence-corrected chi connectivity index (χ3v) is 3.98. The fourth-order valence-corrected chi connectivity index (χ4v) is 2.62. The number of fused-ring (bicyclic) bond motifs is 1. The molecule has 0 fully saturated rings. The molecule has 0 saturated carbocycles. The monoisotopic (exact) mass is 351 g/mol. The molecule has 0 spiro atoms. The van der Waals surface area contributed by atoms with Gasteiger partial charge in [-0.05, 0) is 42.7 Å². The van der Waals surface area contributed by atoms with E-state index in [1.807, 2.05) is 43.3 Å². The van der Waals surface area contributed by atoms with Crippen LogP contribution >= 0.6 is 0 Å². The van der Waals surface area contributed by atoms with E-state index in [0.717, 1.165) is 16.6 Å². The van der Waals surface area contributed by atoms with E-state index in [1.165, 1.54) is 0 Å². The molecule has 3 rings (SSSR count). The number of para-hydroxylation sites is 2. The predicted octanol–water partition coefficient (Wildman–Crippen LogP) is 2.25. The highest BCUT2D eigenvalue weighted by Crippen LogP contribution is 2.14. The van der Waals surface area contributed by atoms with Crippen LogP contribution in [0.2, 0.25) is 0 Å². The minimum absolute atomic E-state index is 0.0775. The second-order valence-corrected chi connectivity index (χ2v) is 6.08. The summed E-state index contributed by atoms with van der Waals surface area (Å²) in [5.74, 6) is 0.428. The van der Waals surface area contributed by atoms with Crippen LogP contribution in [-0.4, -0.2) is 32.0 Å². The first-order valence-corrected chi connectivity index (χ1v) is 8.34. The van der Waals surface area contributed by atoms with Gasteiger partial charge in [0.2, 0.25) is 0 Å². The van der Waals surface area contributed by atoms with Crippen molar-refractivity contribution in [2.75, 3.05) is 5.73 Å². The molecule has 1 amide bonds. The Labute approximate surface area is 151 Å². The van der Waals surface area contributed by atoms with E-state index in [1.54, 1.807) is 12.3 Å². The van der Waals surface area contributed by atoms with E-state index in [9.17, 15) is 9.90 Å². The van der Waals surface area contributed by atoms with Crippen molar-refractivity contribution in [2.24, 2.45) is 0 Å². The maximum atomic E-state index is 12.3. The van der Waals surface area contributed by atoms with Crippen LogP contribution in [0.15, 0.2) is 42.6 Å². The molecule has 0 aliphatic rings. The number of nitrogens with one attached hydrogen (secondary N) is 2. The summed E-state index contributed by atoms with van der Waals surface area (Å²) in [6.07, 6.45) is 6.04. The number of anilines is 1. The number of aliphatic hydroxyl groups is 1. The number of carbonyl (C=O) groups is 1. The number of nitrogens with two attached hydrogens (primary N) is 1. The maximum Gasteiger partial charge on any atom is 0.287 e. The first-order chi connectivity index (χ1) is 12.6. The fourth-order valence-electron chi connectivity index (χ4n) is 2.62. The fraction of sp³-hybridized carbons (Fsp3) is 0.211. The molecule has 0 aliphatic heterocycles. The van der Waals surface area contributed by atoms with Gasteiger partial charge < -0.3 is 21.1 Å². The van der Waals surface area contributed by atoms with Gasteiger partial charge in [-0.3, -0.25) is 4.79 Å². The van der Waals surface area contributed by atoms with Crippen LogP contribution in [0.3, 0.4) is 0 Å². The highest BCUT2D eigenvalue weighted by atomic mass is 16.3. The first-order valence-electron chi connectivity index (χ1n) is 8.34. The van der Waals surface area contributed by atoms with Crippen LogP contribution in [0, 0.1) is 0 Å².